The summed E-state index contributed by atoms with van der Waals surface area (Å²) in [5, 5.41) is 0.145. The number of anilines is 1. The second-order valence-electron chi connectivity index (χ2n) is 1.91. The first-order valence-corrected chi connectivity index (χ1v) is 4.80. The normalized spacial score (nSPS) is 9.50. The zero-order valence-corrected chi connectivity index (χ0v) is 9.65. The van der Waals surface area contributed by atoms with Crippen LogP contribution in [0.25, 0.3) is 0 Å². The maximum atomic E-state index is 10.4. The van der Waals surface area contributed by atoms with Crippen LogP contribution in [0.15, 0.2) is 0 Å². The summed E-state index contributed by atoms with van der Waals surface area (Å²) in [4.78, 5) is 18.0. The third-order valence-corrected chi connectivity index (χ3v) is 2.22. The fraction of sp³-hybridized carbons (Fsp3) is 0. The molecule has 1 aromatic heterocycles. The lowest BCUT2D eigenvalue weighted by Gasteiger charge is -2.02. The van der Waals surface area contributed by atoms with Crippen LogP contribution in [-0.4, -0.2) is 32.8 Å². The summed E-state index contributed by atoms with van der Waals surface area (Å²) < 4.78 is 2.79. The largest absolute Gasteiger partial charge is 0.451 e. The van der Waals surface area contributed by atoms with Crippen molar-refractivity contribution < 1.29 is 4.79 Å². The van der Waals surface area contributed by atoms with Crippen molar-refractivity contribution in [2.45, 2.75) is 0 Å². The Morgan fingerprint density at radius 1 is 1.33 bits per heavy atom. The second-order valence-corrected chi connectivity index (χ2v) is 3.13. The molecule has 7 heteroatoms. The van der Waals surface area contributed by atoms with Gasteiger partial charge in [-0.1, -0.05) is 23.2 Å². The number of halogens is 2. The standard InChI is InChI=1S/C5H3Cl2N3O.Al.2H/c6-3-2(1-11)4(7)10-5(8)9-3;;;/h1H,(H2,8,9,10,11);;;/q;+1;;/p-1. The minimum Gasteiger partial charge on any atom is -0.451 e. The summed E-state index contributed by atoms with van der Waals surface area (Å²) in [7, 11) is 0. The number of nitrogens with zero attached hydrogens (tertiary/aromatic N) is 2. The molecule has 0 saturated heterocycles. The molecular formula is C5H4AlCl2N3O. The van der Waals surface area contributed by atoms with Gasteiger partial charge in [0.1, 0.15) is 10.3 Å². The van der Waals surface area contributed by atoms with E-state index >= 15 is 0 Å². The van der Waals surface area contributed by atoms with Crippen LogP contribution >= 0.6 is 23.2 Å². The highest BCUT2D eigenvalue weighted by Gasteiger charge is 2.08. The number of hydrogen-bond donors (Lipinski definition) is 1. The molecule has 1 aromatic rings. The molecule has 0 spiro atoms. The van der Waals surface area contributed by atoms with Gasteiger partial charge in [0, 0.05) is 0 Å². The van der Waals surface area contributed by atoms with Gasteiger partial charge >= 0.3 is 16.5 Å². The summed E-state index contributed by atoms with van der Waals surface area (Å²) >= 11 is 11.9. The predicted molar refractivity (Wildman–Crippen MR) is 49.6 cm³/mol. The van der Waals surface area contributed by atoms with Crippen LogP contribution in [0.5, 0.6) is 0 Å². The van der Waals surface area contributed by atoms with Gasteiger partial charge in [-0.25, -0.2) is 9.97 Å². The number of carbonyl (C=O) groups excluding carboxylic acids is 1. The van der Waals surface area contributed by atoms with Gasteiger partial charge in [0.2, 0.25) is 5.95 Å². The first-order valence-electron chi connectivity index (χ1n) is 3.05. The smallest absolute Gasteiger partial charge is 0.364 e. The lowest BCUT2D eigenvalue weighted by Crippen LogP contribution is -2.01. The zero-order chi connectivity index (χ0) is 9.14. The SMILES string of the molecule is O=Cc1c(Cl)nc([NH][AlH2])nc1Cl. The number of rotatable bonds is 2. The highest BCUT2D eigenvalue weighted by molar-refractivity contribution is 6.37. The Balaban J connectivity index is 3.27. The summed E-state index contributed by atoms with van der Waals surface area (Å²) in [5.74, 6) is 0.349. The second kappa shape index (κ2) is 4.06. The molecule has 12 heavy (non-hydrogen) atoms. The fourth-order valence-electron chi connectivity index (χ4n) is 0.626. The maximum Gasteiger partial charge on any atom is 0.364 e. The van der Waals surface area contributed by atoms with Crippen LogP contribution in [0.2, 0.25) is 10.3 Å². The van der Waals surface area contributed by atoms with Crippen molar-refractivity contribution in [1.82, 2.24) is 9.97 Å². The molecule has 0 fully saturated rings. The molecule has 0 aliphatic rings. The molecule has 4 nitrogen and oxygen atoms in total. The van der Waals surface area contributed by atoms with Crippen LogP contribution in [0, 0.1) is 0 Å². The van der Waals surface area contributed by atoms with Crippen molar-refractivity contribution in [1.29, 1.82) is 0 Å². The molecule has 0 atom stereocenters. The molecule has 0 unspecified atom stereocenters. The van der Waals surface area contributed by atoms with Crippen molar-refractivity contribution in [2.75, 3.05) is 4.30 Å². The van der Waals surface area contributed by atoms with Crippen molar-refractivity contribution >= 4 is 51.9 Å². The quantitative estimate of drug-likeness (QED) is 0.449. The van der Waals surface area contributed by atoms with Gasteiger partial charge in [-0.05, 0) is 0 Å². The minimum atomic E-state index is 0.0725. The van der Waals surface area contributed by atoms with Crippen molar-refractivity contribution in [2.24, 2.45) is 0 Å². The Labute approximate surface area is 86.9 Å². The molecule has 1 N–H and O–H groups in total. The third-order valence-electron chi connectivity index (χ3n) is 1.19. The van der Waals surface area contributed by atoms with Crippen LogP contribution in [-0.2, 0) is 0 Å². The van der Waals surface area contributed by atoms with E-state index in [-0.39, 0.29) is 15.9 Å². The number of hydrogen-bond acceptors (Lipinski definition) is 4. The average Bonchev–Trinajstić information content (AvgIpc) is 2.03. The minimum absolute atomic E-state index is 0.0725. The first kappa shape index (κ1) is 9.75. The molecule has 0 aromatic carbocycles. The summed E-state index contributed by atoms with van der Waals surface area (Å²) in [6.07, 6.45) is 0.529. The first-order chi connectivity index (χ1) is 5.69. The summed E-state index contributed by atoms with van der Waals surface area (Å²) in [6.45, 7) is 0. The van der Waals surface area contributed by atoms with Crippen LogP contribution in [0.1, 0.15) is 10.4 Å². The predicted octanol–water partition coefficient (Wildman–Crippen LogP) is 0.556. The summed E-state index contributed by atoms with van der Waals surface area (Å²) in [6, 6.07) is 0. The zero-order valence-electron chi connectivity index (χ0n) is 6.14. The number of aldehydes is 1. The van der Waals surface area contributed by atoms with Crippen molar-refractivity contribution in [3.8, 4) is 0 Å². The molecule has 0 bridgehead atoms. The van der Waals surface area contributed by atoms with Gasteiger partial charge in [0.25, 0.3) is 0 Å². The van der Waals surface area contributed by atoms with E-state index in [2.05, 4.69) is 14.3 Å². The average molecular weight is 220 g/mol. The molecule has 0 aliphatic carbocycles. The fourth-order valence-corrected chi connectivity index (χ4v) is 1.33. The Bertz CT molecular complexity index is 297. The van der Waals surface area contributed by atoms with Gasteiger partial charge in [0.05, 0.1) is 5.56 Å². The van der Waals surface area contributed by atoms with Gasteiger partial charge in [-0.15, -0.1) is 0 Å². The van der Waals surface area contributed by atoms with Crippen molar-refractivity contribution in [3.05, 3.63) is 15.9 Å². The number of aromatic nitrogens is 2. The molecule has 0 aliphatic heterocycles. The van der Waals surface area contributed by atoms with Gasteiger partial charge < -0.3 is 4.30 Å². The van der Waals surface area contributed by atoms with Crippen LogP contribution in [0.3, 0.4) is 0 Å². The number of nitrogens with one attached hydrogen (secondary N) is 1. The van der Waals surface area contributed by atoms with Crippen LogP contribution in [0.4, 0.5) is 5.95 Å². The van der Waals surface area contributed by atoms with Gasteiger partial charge in [0.15, 0.2) is 6.29 Å². The molecule has 62 valence electrons. The Morgan fingerprint density at radius 2 is 1.83 bits per heavy atom. The van der Waals surface area contributed by atoms with E-state index in [9.17, 15) is 4.79 Å². The molecule has 0 amide bonds. The maximum absolute atomic E-state index is 10.4. The molecule has 0 saturated carbocycles. The number of carbonyl (C=O) groups is 1. The topological polar surface area (TPSA) is 54.9 Å². The molecule has 1 heterocycles. The third kappa shape index (κ3) is 1.88. The monoisotopic (exact) mass is 219 g/mol. The Hall–Kier alpha value is -0.338. The summed E-state index contributed by atoms with van der Waals surface area (Å²) in [5.41, 5.74) is 0.124. The van der Waals surface area contributed by atoms with E-state index in [1.807, 2.05) is 0 Å². The van der Waals surface area contributed by atoms with Gasteiger partial charge in [-0.2, -0.15) is 0 Å². The Kier molecular flexibility index (Phi) is 3.30. The highest BCUT2D eigenvalue weighted by Crippen LogP contribution is 2.20. The van der Waals surface area contributed by atoms with E-state index in [1.165, 1.54) is 0 Å². The molecule has 0 radical (unpaired) electrons. The molecular weight excluding hydrogens is 216 g/mol. The highest BCUT2D eigenvalue weighted by atomic mass is 35.5. The van der Waals surface area contributed by atoms with E-state index in [0.29, 0.717) is 28.7 Å². The van der Waals surface area contributed by atoms with E-state index in [4.69, 9.17) is 23.2 Å². The van der Waals surface area contributed by atoms with E-state index in [1.54, 1.807) is 0 Å². The van der Waals surface area contributed by atoms with Crippen LogP contribution < -0.4 is 4.30 Å². The molecule has 1 rings (SSSR count). The van der Waals surface area contributed by atoms with Crippen molar-refractivity contribution in [3.63, 3.8) is 0 Å². The lowest BCUT2D eigenvalue weighted by molar-refractivity contribution is 0.112. The lowest BCUT2D eigenvalue weighted by atomic mass is 10.4. The Morgan fingerprint density at radius 3 is 2.17 bits per heavy atom. The van der Waals surface area contributed by atoms with Gasteiger partial charge in [-0.3, -0.25) is 4.79 Å². The van der Waals surface area contributed by atoms with E-state index in [0.717, 1.165) is 0 Å². The van der Waals surface area contributed by atoms with E-state index < -0.39 is 0 Å².